The number of methoxy groups -OCH3 is 2. The first-order chi connectivity index (χ1) is 12.5. The molecular weight excluding hydrogens is 332 g/mol. The van der Waals surface area contributed by atoms with Crippen LogP contribution in [-0.2, 0) is 0 Å². The number of anilines is 1. The largest absolute Gasteiger partial charge is 0.493 e. The first kappa shape index (κ1) is 17.3. The summed E-state index contributed by atoms with van der Waals surface area (Å²) < 4.78 is 11.8. The lowest BCUT2D eigenvalue weighted by Gasteiger charge is -2.13. The highest BCUT2D eigenvalue weighted by Gasteiger charge is 2.15. The number of ether oxygens (including phenoxy) is 2. The number of hydrogen-bond acceptors (Lipinski definition) is 5. The van der Waals surface area contributed by atoms with Crippen molar-refractivity contribution in [1.82, 2.24) is 4.57 Å². The summed E-state index contributed by atoms with van der Waals surface area (Å²) in [4.78, 5) is 25.2. The molecule has 1 aromatic heterocycles. The fourth-order valence-corrected chi connectivity index (χ4v) is 2.65. The van der Waals surface area contributed by atoms with E-state index in [1.807, 2.05) is 6.07 Å². The van der Waals surface area contributed by atoms with Crippen molar-refractivity contribution in [3.63, 3.8) is 0 Å². The minimum absolute atomic E-state index is 0.0124. The van der Waals surface area contributed by atoms with E-state index in [0.717, 1.165) is 0 Å². The molecule has 0 saturated heterocycles. The van der Waals surface area contributed by atoms with Gasteiger partial charge < -0.3 is 15.2 Å². The topological polar surface area (TPSA) is 83.5 Å². The van der Waals surface area contributed by atoms with Crippen LogP contribution in [0.4, 0.5) is 5.69 Å². The molecule has 26 heavy (non-hydrogen) atoms. The average molecular weight is 350 g/mol. The minimum Gasteiger partial charge on any atom is -0.493 e. The summed E-state index contributed by atoms with van der Waals surface area (Å²) in [5.41, 5.74) is 6.79. The maximum absolute atomic E-state index is 12.7. The van der Waals surface area contributed by atoms with Gasteiger partial charge in [-0.15, -0.1) is 0 Å². The molecule has 0 amide bonds. The first-order valence-electron chi connectivity index (χ1n) is 7.89. The summed E-state index contributed by atoms with van der Waals surface area (Å²) >= 11 is 0. The third kappa shape index (κ3) is 3.17. The van der Waals surface area contributed by atoms with Crippen LogP contribution < -0.4 is 20.8 Å². The fraction of sp³-hybridized carbons (Fsp3) is 0.100. The third-order valence-electron chi connectivity index (χ3n) is 3.99. The van der Waals surface area contributed by atoms with Gasteiger partial charge in [0.2, 0.25) is 0 Å². The maximum atomic E-state index is 12.7. The molecule has 6 nitrogen and oxygen atoms in total. The van der Waals surface area contributed by atoms with Gasteiger partial charge in [-0.05, 0) is 18.2 Å². The Morgan fingerprint density at radius 3 is 2.27 bits per heavy atom. The predicted octanol–water partition coefficient (Wildman–Crippen LogP) is 2.67. The van der Waals surface area contributed by atoms with Crippen molar-refractivity contribution in [1.29, 1.82) is 0 Å². The monoisotopic (exact) mass is 350 g/mol. The van der Waals surface area contributed by atoms with Crippen LogP contribution in [0.1, 0.15) is 15.9 Å². The molecule has 0 atom stereocenters. The van der Waals surface area contributed by atoms with Crippen molar-refractivity contribution in [3.05, 3.63) is 82.3 Å². The highest BCUT2D eigenvalue weighted by atomic mass is 16.5. The second kappa shape index (κ2) is 7.14. The minimum atomic E-state index is -0.415. The summed E-state index contributed by atoms with van der Waals surface area (Å²) in [6.45, 7) is 0. The molecular formula is C20H18N2O4. The van der Waals surface area contributed by atoms with Crippen molar-refractivity contribution >= 4 is 11.5 Å². The molecule has 3 aromatic rings. The lowest BCUT2D eigenvalue weighted by Crippen LogP contribution is -2.23. The molecule has 132 valence electrons. The number of nitrogen functional groups attached to an aromatic ring is 1. The average Bonchev–Trinajstić information content (AvgIpc) is 2.69. The molecule has 0 spiro atoms. The number of rotatable bonds is 5. The van der Waals surface area contributed by atoms with Gasteiger partial charge in [0.1, 0.15) is 0 Å². The zero-order valence-corrected chi connectivity index (χ0v) is 14.4. The molecule has 0 fully saturated rings. The zero-order chi connectivity index (χ0) is 18.7. The van der Waals surface area contributed by atoms with Gasteiger partial charge in [-0.2, -0.15) is 0 Å². The van der Waals surface area contributed by atoms with Gasteiger partial charge in [0.05, 0.1) is 25.6 Å². The van der Waals surface area contributed by atoms with E-state index in [4.69, 9.17) is 15.2 Å². The van der Waals surface area contributed by atoms with Crippen molar-refractivity contribution in [2.45, 2.75) is 0 Å². The Kier molecular flexibility index (Phi) is 4.75. The number of ketones is 1. The Hall–Kier alpha value is -3.54. The number of nitrogens with two attached hydrogens (primary N) is 1. The summed E-state index contributed by atoms with van der Waals surface area (Å²) in [7, 11) is 3.04. The van der Waals surface area contributed by atoms with Gasteiger partial charge in [-0.1, -0.05) is 30.3 Å². The molecule has 0 saturated carbocycles. The van der Waals surface area contributed by atoms with Gasteiger partial charge in [0.25, 0.3) is 5.56 Å². The zero-order valence-electron chi connectivity index (χ0n) is 14.4. The molecule has 0 aliphatic carbocycles. The summed E-state index contributed by atoms with van der Waals surface area (Å²) in [5.74, 6) is 0.788. The number of carbonyl (C=O) groups excluding carboxylic acids is 1. The SMILES string of the molecule is COc1ccc(-n2cc(C(=O)c3ccccc3)cc(N)c2=O)cc1OC. The quantitative estimate of drug-likeness (QED) is 0.715. The number of hydrogen-bond donors (Lipinski definition) is 1. The van der Waals surface area contributed by atoms with Crippen LogP contribution >= 0.6 is 0 Å². The van der Waals surface area contributed by atoms with E-state index in [1.54, 1.807) is 42.5 Å². The Bertz CT molecular complexity index is 1010. The van der Waals surface area contributed by atoms with Crippen LogP contribution in [0.3, 0.4) is 0 Å². The number of carbonyl (C=O) groups is 1. The summed E-state index contributed by atoms with van der Waals surface area (Å²) in [6, 6.07) is 15.2. The van der Waals surface area contributed by atoms with Gasteiger partial charge in [-0.25, -0.2) is 0 Å². The van der Waals surface area contributed by atoms with Crippen molar-refractivity contribution in [3.8, 4) is 17.2 Å². The van der Waals surface area contributed by atoms with Crippen molar-refractivity contribution in [2.75, 3.05) is 20.0 Å². The van der Waals surface area contributed by atoms with Gasteiger partial charge in [-0.3, -0.25) is 14.2 Å². The second-order valence-electron chi connectivity index (χ2n) is 5.59. The Balaban J connectivity index is 2.13. The van der Waals surface area contributed by atoms with Crippen LogP contribution in [-0.4, -0.2) is 24.6 Å². The molecule has 0 unspecified atom stereocenters. The second-order valence-corrected chi connectivity index (χ2v) is 5.59. The van der Waals surface area contributed by atoms with E-state index in [1.165, 1.54) is 31.0 Å². The third-order valence-corrected chi connectivity index (χ3v) is 3.99. The Morgan fingerprint density at radius 2 is 1.62 bits per heavy atom. The highest BCUT2D eigenvalue weighted by Crippen LogP contribution is 2.29. The van der Waals surface area contributed by atoms with Gasteiger partial charge >= 0.3 is 0 Å². The number of pyridine rings is 1. The van der Waals surface area contributed by atoms with Crippen LogP contribution in [0.15, 0.2) is 65.6 Å². The molecule has 2 N–H and O–H groups in total. The first-order valence-corrected chi connectivity index (χ1v) is 7.89. The molecule has 0 aliphatic rings. The number of benzene rings is 2. The van der Waals surface area contributed by atoms with Crippen molar-refractivity contribution < 1.29 is 14.3 Å². The summed E-state index contributed by atoms with van der Waals surface area (Å²) in [6.07, 6.45) is 1.48. The molecule has 0 radical (unpaired) electrons. The van der Waals surface area contributed by atoms with Crippen LogP contribution in [0.2, 0.25) is 0 Å². The van der Waals surface area contributed by atoms with Crippen LogP contribution in [0.5, 0.6) is 11.5 Å². The molecule has 6 heteroatoms. The van der Waals surface area contributed by atoms with E-state index in [-0.39, 0.29) is 11.5 Å². The van der Waals surface area contributed by atoms with Gasteiger partial charge in [0.15, 0.2) is 17.3 Å². The lowest BCUT2D eigenvalue weighted by atomic mass is 10.0. The van der Waals surface area contributed by atoms with E-state index < -0.39 is 5.56 Å². The normalized spacial score (nSPS) is 10.4. The molecule has 1 heterocycles. The van der Waals surface area contributed by atoms with E-state index >= 15 is 0 Å². The highest BCUT2D eigenvalue weighted by molar-refractivity contribution is 6.09. The number of aromatic nitrogens is 1. The fourth-order valence-electron chi connectivity index (χ4n) is 2.65. The van der Waals surface area contributed by atoms with E-state index in [0.29, 0.717) is 28.3 Å². The predicted molar refractivity (Wildman–Crippen MR) is 99.4 cm³/mol. The summed E-state index contributed by atoms with van der Waals surface area (Å²) in [5, 5.41) is 0. The number of nitrogens with zero attached hydrogens (tertiary/aromatic N) is 1. The van der Waals surface area contributed by atoms with E-state index in [2.05, 4.69) is 0 Å². The van der Waals surface area contributed by atoms with E-state index in [9.17, 15) is 9.59 Å². The van der Waals surface area contributed by atoms with Gasteiger partial charge in [0, 0.05) is 23.4 Å². The lowest BCUT2D eigenvalue weighted by molar-refractivity contribution is 0.103. The standard InChI is InChI=1S/C20H18N2O4/c1-25-17-9-8-15(11-18(17)26-2)22-12-14(10-16(21)20(22)24)19(23)13-6-4-3-5-7-13/h3-12H,21H2,1-2H3. The van der Waals surface area contributed by atoms with Crippen molar-refractivity contribution in [2.24, 2.45) is 0 Å². The molecule has 3 rings (SSSR count). The maximum Gasteiger partial charge on any atom is 0.278 e. The molecule has 0 bridgehead atoms. The Labute approximate surface area is 150 Å². The smallest absolute Gasteiger partial charge is 0.278 e. The van der Waals surface area contributed by atoms with Crippen LogP contribution in [0.25, 0.3) is 5.69 Å². The molecule has 0 aliphatic heterocycles. The Morgan fingerprint density at radius 1 is 0.923 bits per heavy atom. The van der Waals surface area contributed by atoms with Crippen LogP contribution in [0, 0.1) is 0 Å². The molecule has 2 aromatic carbocycles.